The van der Waals surface area contributed by atoms with Crippen molar-refractivity contribution in [2.24, 2.45) is 0 Å². The summed E-state index contributed by atoms with van der Waals surface area (Å²) in [6.45, 7) is 0.625. The molecule has 6 heteroatoms. The van der Waals surface area contributed by atoms with Crippen LogP contribution < -0.4 is 5.32 Å². The van der Waals surface area contributed by atoms with Gasteiger partial charge in [0.15, 0.2) is 0 Å². The minimum atomic E-state index is -0.185. The number of carbonyl (C=O) groups excluding carboxylic acids is 1. The van der Waals surface area contributed by atoms with E-state index in [-0.39, 0.29) is 16.1 Å². The number of halogens is 2. The minimum Gasteiger partial charge on any atom is -0.351 e. The van der Waals surface area contributed by atoms with Crippen LogP contribution in [0.3, 0.4) is 0 Å². The van der Waals surface area contributed by atoms with Crippen molar-refractivity contribution < 1.29 is 4.79 Å². The number of aromatic nitrogens is 1. The number of thioether (sulfide) groups is 1. The highest BCUT2D eigenvalue weighted by Gasteiger charge is 2.07. The van der Waals surface area contributed by atoms with Crippen molar-refractivity contribution in [1.82, 2.24) is 10.3 Å². The quantitative estimate of drug-likeness (QED) is 0.671. The molecule has 0 aliphatic carbocycles. The maximum absolute atomic E-state index is 11.5. The topological polar surface area (TPSA) is 42.0 Å². The highest BCUT2D eigenvalue weighted by Crippen LogP contribution is 2.19. The van der Waals surface area contributed by atoms with E-state index in [1.165, 1.54) is 12.3 Å². The van der Waals surface area contributed by atoms with Gasteiger partial charge in [-0.05, 0) is 12.3 Å². The smallest absolute Gasteiger partial charge is 0.252 e. The Morgan fingerprint density at radius 3 is 2.93 bits per heavy atom. The molecule has 0 atom stereocenters. The molecular weight excluding hydrogens is 255 g/mol. The number of nitrogens with zero attached hydrogens (tertiary/aromatic N) is 1. The van der Waals surface area contributed by atoms with Gasteiger partial charge in [0.2, 0.25) is 0 Å². The van der Waals surface area contributed by atoms with Crippen LogP contribution in [-0.4, -0.2) is 29.4 Å². The summed E-state index contributed by atoms with van der Waals surface area (Å²) >= 11 is 13.0. The lowest BCUT2D eigenvalue weighted by atomic mass is 10.3. The lowest BCUT2D eigenvalue weighted by Gasteiger charge is -2.04. The molecule has 15 heavy (non-hydrogen) atoms. The third kappa shape index (κ3) is 3.89. The molecule has 1 aromatic heterocycles. The van der Waals surface area contributed by atoms with Crippen molar-refractivity contribution >= 4 is 40.9 Å². The molecule has 0 radical (unpaired) electrons. The summed E-state index contributed by atoms with van der Waals surface area (Å²) in [5.74, 6) is 0.690. The fourth-order valence-electron chi connectivity index (χ4n) is 0.914. The van der Waals surface area contributed by atoms with Gasteiger partial charge in [-0.1, -0.05) is 23.2 Å². The largest absolute Gasteiger partial charge is 0.351 e. The molecule has 82 valence electrons. The Bertz CT molecular complexity index is 360. The molecule has 1 N–H and O–H groups in total. The van der Waals surface area contributed by atoms with Crippen LogP contribution in [0.4, 0.5) is 0 Å². The standard InChI is InChI=1S/C9H10Cl2N2OS/c1-15-3-2-12-9(14)6-4-7(10)8(11)13-5-6/h4-5H,2-3H2,1H3,(H,12,14). The Morgan fingerprint density at radius 1 is 1.60 bits per heavy atom. The van der Waals surface area contributed by atoms with Gasteiger partial charge in [0.05, 0.1) is 10.6 Å². The first-order chi connectivity index (χ1) is 7.15. The summed E-state index contributed by atoms with van der Waals surface area (Å²) in [5.41, 5.74) is 0.422. The number of nitrogens with one attached hydrogen (secondary N) is 1. The average Bonchev–Trinajstić information content (AvgIpc) is 2.22. The van der Waals surface area contributed by atoms with E-state index >= 15 is 0 Å². The molecule has 0 aromatic carbocycles. The molecule has 0 unspecified atom stereocenters. The van der Waals surface area contributed by atoms with Gasteiger partial charge in [-0.2, -0.15) is 11.8 Å². The summed E-state index contributed by atoms with van der Waals surface area (Å²) in [6, 6.07) is 1.51. The SMILES string of the molecule is CSCCNC(=O)c1cnc(Cl)c(Cl)c1. The van der Waals surface area contributed by atoms with E-state index in [9.17, 15) is 4.79 Å². The van der Waals surface area contributed by atoms with Crippen molar-refractivity contribution in [3.05, 3.63) is 28.0 Å². The molecular formula is C9H10Cl2N2OS. The monoisotopic (exact) mass is 264 g/mol. The molecule has 0 bridgehead atoms. The molecule has 0 saturated carbocycles. The molecule has 0 aliphatic heterocycles. The number of carbonyl (C=O) groups is 1. The summed E-state index contributed by atoms with van der Waals surface area (Å²) in [7, 11) is 0. The van der Waals surface area contributed by atoms with E-state index in [1.54, 1.807) is 11.8 Å². The van der Waals surface area contributed by atoms with Crippen LogP contribution in [0.5, 0.6) is 0 Å². The number of hydrogen-bond acceptors (Lipinski definition) is 3. The van der Waals surface area contributed by atoms with Gasteiger partial charge in [-0.15, -0.1) is 0 Å². The van der Waals surface area contributed by atoms with E-state index < -0.39 is 0 Å². The van der Waals surface area contributed by atoms with Gasteiger partial charge in [0.1, 0.15) is 5.15 Å². The van der Waals surface area contributed by atoms with Gasteiger partial charge in [-0.3, -0.25) is 4.79 Å². The Hall–Kier alpha value is -0.450. The molecule has 0 fully saturated rings. The third-order valence-electron chi connectivity index (χ3n) is 1.65. The molecule has 1 aromatic rings. The van der Waals surface area contributed by atoms with E-state index in [1.807, 2.05) is 6.26 Å². The van der Waals surface area contributed by atoms with Crippen molar-refractivity contribution in [3.8, 4) is 0 Å². The van der Waals surface area contributed by atoms with Crippen LogP contribution in [0.15, 0.2) is 12.3 Å². The molecule has 1 amide bonds. The Morgan fingerprint density at radius 2 is 2.33 bits per heavy atom. The first-order valence-electron chi connectivity index (χ1n) is 4.23. The molecule has 0 saturated heterocycles. The number of hydrogen-bond donors (Lipinski definition) is 1. The van der Waals surface area contributed by atoms with Gasteiger partial charge in [0.25, 0.3) is 5.91 Å². The predicted molar refractivity (Wildman–Crippen MR) is 65.0 cm³/mol. The lowest BCUT2D eigenvalue weighted by Crippen LogP contribution is -2.25. The van der Waals surface area contributed by atoms with Crippen LogP contribution in [0.2, 0.25) is 10.2 Å². The van der Waals surface area contributed by atoms with Crippen LogP contribution in [0.25, 0.3) is 0 Å². The van der Waals surface area contributed by atoms with E-state index in [4.69, 9.17) is 23.2 Å². The summed E-state index contributed by atoms with van der Waals surface area (Å²) in [5, 5.41) is 3.24. The molecule has 1 heterocycles. The fraction of sp³-hybridized carbons (Fsp3) is 0.333. The first kappa shape index (κ1) is 12.6. The van der Waals surface area contributed by atoms with E-state index in [0.717, 1.165) is 5.75 Å². The Kier molecular flexibility index (Phi) is 5.22. The second-order valence-corrected chi connectivity index (χ2v) is 4.50. The second kappa shape index (κ2) is 6.20. The van der Waals surface area contributed by atoms with Crippen molar-refractivity contribution in [1.29, 1.82) is 0 Å². The zero-order valence-corrected chi connectivity index (χ0v) is 10.4. The predicted octanol–water partition coefficient (Wildman–Crippen LogP) is 2.48. The van der Waals surface area contributed by atoms with Gasteiger partial charge >= 0.3 is 0 Å². The van der Waals surface area contributed by atoms with Gasteiger partial charge in [0, 0.05) is 18.5 Å². The average molecular weight is 265 g/mol. The Balaban J connectivity index is 2.62. The molecule has 0 spiro atoms. The number of rotatable bonds is 4. The fourth-order valence-corrected chi connectivity index (χ4v) is 1.49. The van der Waals surface area contributed by atoms with Crippen LogP contribution >= 0.6 is 35.0 Å². The van der Waals surface area contributed by atoms with Crippen molar-refractivity contribution in [2.45, 2.75) is 0 Å². The first-order valence-corrected chi connectivity index (χ1v) is 6.38. The van der Waals surface area contributed by atoms with Crippen molar-refractivity contribution in [2.75, 3.05) is 18.6 Å². The highest BCUT2D eigenvalue weighted by atomic mass is 35.5. The van der Waals surface area contributed by atoms with Crippen molar-refractivity contribution in [3.63, 3.8) is 0 Å². The zero-order valence-electron chi connectivity index (χ0n) is 8.09. The van der Waals surface area contributed by atoms with Gasteiger partial charge in [-0.25, -0.2) is 4.98 Å². The maximum Gasteiger partial charge on any atom is 0.252 e. The number of pyridine rings is 1. The molecule has 0 aliphatic rings. The number of amides is 1. The summed E-state index contributed by atoms with van der Waals surface area (Å²) < 4.78 is 0. The second-order valence-electron chi connectivity index (χ2n) is 2.75. The third-order valence-corrected chi connectivity index (χ3v) is 2.95. The van der Waals surface area contributed by atoms with Gasteiger partial charge < -0.3 is 5.32 Å². The van der Waals surface area contributed by atoms with Crippen LogP contribution in [0, 0.1) is 0 Å². The minimum absolute atomic E-state index is 0.185. The zero-order chi connectivity index (χ0) is 11.3. The highest BCUT2D eigenvalue weighted by molar-refractivity contribution is 7.98. The summed E-state index contributed by atoms with van der Waals surface area (Å²) in [6.07, 6.45) is 3.38. The normalized spacial score (nSPS) is 10.1. The van der Waals surface area contributed by atoms with Crippen LogP contribution in [0.1, 0.15) is 10.4 Å². The maximum atomic E-state index is 11.5. The molecule has 1 rings (SSSR count). The van der Waals surface area contributed by atoms with E-state index in [0.29, 0.717) is 12.1 Å². The van der Waals surface area contributed by atoms with Crippen LogP contribution in [-0.2, 0) is 0 Å². The van der Waals surface area contributed by atoms with E-state index in [2.05, 4.69) is 10.3 Å². The summed E-state index contributed by atoms with van der Waals surface area (Å²) in [4.78, 5) is 15.3. The molecule has 3 nitrogen and oxygen atoms in total. The lowest BCUT2D eigenvalue weighted by molar-refractivity contribution is 0.0956. The Labute approximate surface area is 103 Å².